The highest BCUT2D eigenvalue weighted by Gasteiger charge is 2.21. The Kier molecular flexibility index (Phi) is 6.47. The minimum Gasteiger partial charge on any atom is -0.465 e. The lowest BCUT2D eigenvalue weighted by Gasteiger charge is -2.32. The minimum absolute atomic E-state index is 0.298. The molecule has 0 aliphatic carbocycles. The predicted octanol–water partition coefficient (Wildman–Crippen LogP) is 0.378. The van der Waals surface area contributed by atoms with E-state index in [2.05, 4.69) is 4.90 Å². The second-order valence-electron chi connectivity index (χ2n) is 4.45. The molecule has 1 saturated heterocycles. The topological polar surface area (TPSA) is 64.8 Å². The Bertz CT molecular complexity index is 236. The summed E-state index contributed by atoms with van der Waals surface area (Å²) in [4.78, 5) is 13.6. The number of likely N-dealkylation sites (tertiary alicyclic amines) is 1. The summed E-state index contributed by atoms with van der Waals surface area (Å²) in [5, 5.41) is 0. The summed E-state index contributed by atoms with van der Waals surface area (Å²) < 4.78 is 10.2. The molecular weight excluding hydrogens is 220 g/mol. The number of carbonyl (C=O) groups is 1. The van der Waals surface area contributed by atoms with Crippen LogP contribution >= 0.6 is 0 Å². The summed E-state index contributed by atoms with van der Waals surface area (Å²) in [7, 11) is 1.75. The summed E-state index contributed by atoms with van der Waals surface area (Å²) in [6.07, 6.45) is 3.24. The van der Waals surface area contributed by atoms with Crippen molar-refractivity contribution >= 4 is 5.97 Å². The van der Waals surface area contributed by atoms with Gasteiger partial charge in [0, 0.05) is 20.2 Å². The van der Waals surface area contributed by atoms with Gasteiger partial charge in [-0.05, 0) is 32.7 Å². The van der Waals surface area contributed by atoms with Crippen LogP contribution in [0.4, 0.5) is 0 Å². The SMILES string of the molecule is CCOC(=O)C(N)CCN1CCCC(OC)C1. The van der Waals surface area contributed by atoms with Gasteiger partial charge in [0.15, 0.2) is 0 Å². The molecule has 0 radical (unpaired) electrons. The fourth-order valence-electron chi connectivity index (χ4n) is 2.10. The lowest BCUT2D eigenvalue weighted by Crippen LogP contribution is -2.42. The van der Waals surface area contributed by atoms with Crippen LogP contribution < -0.4 is 5.73 Å². The normalized spacial score (nSPS) is 23.4. The Morgan fingerprint density at radius 2 is 2.35 bits per heavy atom. The van der Waals surface area contributed by atoms with E-state index in [0.29, 0.717) is 19.1 Å². The molecule has 2 unspecified atom stereocenters. The van der Waals surface area contributed by atoms with E-state index in [1.807, 2.05) is 0 Å². The first-order valence-electron chi connectivity index (χ1n) is 6.34. The molecule has 17 heavy (non-hydrogen) atoms. The predicted molar refractivity (Wildman–Crippen MR) is 65.7 cm³/mol. The molecule has 0 amide bonds. The molecule has 1 fully saturated rings. The Balaban J connectivity index is 2.23. The van der Waals surface area contributed by atoms with Crippen molar-refractivity contribution in [3.05, 3.63) is 0 Å². The molecule has 1 aliphatic rings. The van der Waals surface area contributed by atoms with Gasteiger partial charge in [-0.2, -0.15) is 0 Å². The zero-order valence-corrected chi connectivity index (χ0v) is 10.9. The molecule has 1 heterocycles. The van der Waals surface area contributed by atoms with Gasteiger partial charge in [-0.15, -0.1) is 0 Å². The molecule has 0 aromatic rings. The molecular formula is C12H24N2O3. The van der Waals surface area contributed by atoms with Gasteiger partial charge in [0.05, 0.1) is 12.7 Å². The number of piperidine rings is 1. The molecule has 0 bridgehead atoms. The summed E-state index contributed by atoms with van der Waals surface area (Å²) in [6, 6.07) is -0.502. The van der Waals surface area contributed by atoms with Crippen molar-refractivity contribution in [1.82, 2.24) is 4.90 Å². The number of nitrogens with zero attached hydrogens (tertiary/aromatic N) is 1. The molecule has 1 rings (SSSR count). The lowest BCUT2D eigenvalue weighted by molar-refractivity contribution is -0.144. The van der Waals surface area contributed by atoms with Gasteiger partial charge >= 0.3 is 5.97 Å². The van der Waals surface area contributed by atoms with E-state index in [-0.39, 0.29) is 5.97 Å². The quantitative estimate of drug-likeness (QED) is 0.684. The maximum absolute atomic E-state index is 11.3. The number of ether oxygens (including phenoxy) is 2. The Labute approximate surface area is 103 Å². The minimum atomic E-state index is -0.502. The van der Waals surface area contributed by atoms with Crippen LogP contribution in [0.1, 0.15) is 26.2 Å². The van der Waals surface area contributed by atoms with E-state index in [1.165, 1.54) is 0 Å². The van der Waals surface area contributed by atoms with Crippen molar-refractivity contribution in [2.45, 2.75) is 38.3 Å². The van der Waals surface area contributed by atoms with Crippen LogP contribution in [0.3, 0.4) is 0 Å². The largest absolute Gasteiger partial charge is 0.465 e. The van der Waals surface area contributed by atoms with Gasteiger partial charge < -0.3 is 20.1 Å². The lowest BCUT2D eigenvalue weighted by atomic mass is 10.1. The van der Waals surface area contributed by atoms with Crippen molar-refractivity contribution in [2.24, 2.45) is 5.73 Å². The van der Waals surface area contributed by atoms with E-state index >= 15 is 0 Å². The first kappa shape index (κ1) is 14.4. The van der Waals surface area contributed by atoms with Crippen molar-refractivity contribution in [3.63, 3.8) is 0 Å². The van der Waals surface area contributed by atoms with E-state index in [0.717, 1.165) is 32.5 Å². The Morgan fingerprint density at radius 3 is 3.00 bits per heavy atom. The molecule has 1 aliphatic heterocycles. The third-order valence-electron chi connectivity index (χ3n) is 3.14. The van der Waals surface area contributed by atoms with Crippen molar-refractivity contribution in [2.75, 3.05) is 33.4 Å². The third-order valence-corrected chi connectivity index (χ3v) is 3.14. The molecule has 0 saturated carbocycles. The highest BCUT2D eigenvalue weighted by atomic mass is 16.5. The monoisotopic (exact) mass is 244 g/mol. The second-order valence-corrected chi connectivity index (χ2v) is 4.45. The zero-order valence-electron chi connectivity index (χ0n) is 10.9. The molecule has 2 atom stereocenters. The summed E-state index contributed by atoms with van der Waals surface area (Å²) in [5.41, 5.74) is 5.76. The van der Waals surface area contributed by atoms with Gasteiger partial charge in [-0.3, -0.25) is 4.79 Å². The van der Waals surface area contributed by atoms with Crippen molar-refractivity contribution in [1.29, 1.82) is 0 Å². The molecule has 100 valence electrons. The molecule has 5 nitrogen and oxygen atoms in total. The van der Waals surface area contributed by atoms with E-state index in [9.17, 15) is 4.79 Å². The molecule has 0 aromatic heterocycles. The van der Waals surface area contributed by atoms with Crippen molar-refractivity contribution < 1.29 is 14.3 Å². The van der Waals surface area contributed by atoms with Crippen LogP contribution in [0.5, 0.6) is 0 Å². The first-order valence-corrected chi connectivity index (χ1v) is 6.34. The van der Waals surface area contributed by atoms with Crippen LogP contribution in [-0.2, 0) is 14.3 Å². The summed E-state index contributed by atoms with van der Waals surface area (Å²) in [6.45, 7) is 5.02. The van der Waals surface area contributed by atoms with Gasteiger partial charge in [0.1, 0.15) is 6.04 Å². The molecule has 0 spiro atoms. The third kappa shape index (κ3) is 5.02. The standard InChI is InChI=1S/C12H24N2O3/c1-3-17-12(15)11(13)6-8-14-7-4-5-10(9-14)16-2/h10-11H,3-9,13H2,1-2H3. The highest BCUT2D eigenvalue weighted by molar-refractivity contribution is 5.75. The van der Waals surface area contributed by atoms with Gasteiger partial charge in [-0.25, -0.2) is 0 Å². The maximum atomic E-state index is 11.3. The van der Waals surface area contributed by atoms with Crippen LogP contribution in [0.2, 0.25) is 0 Å². The summed E-state index contributed by atoms with van der Waals surface area (Å²) in [5.74, 6) is -0.298. The number of hydrogen-bond acceptors (Lipinski definition) is 5. The molecule has 5 heteroatoms. The zero-order chi connectivity index (χ0) is 12.7. The second kappa shape index (κ2) is 7.63. The first-order chi connectivity index (χ1) is 8.17. The Hall–Kier alpha value is -0.650. The fourth-order valence-corrected chi connectivity index (χ4v) is 2.10. The van der Waals surface area contributed by atoms with Gasteiger partial charge in [0.25, 0.3) is 0 Å². The van der Waals surface area contributed by atoms with E-state index < -0.39 is 6.04 Å². The van der Waals surface area contributed by atoms with Crippen LogP contribution in [0, 0.1) is 0 Å². The number of esters is 1. The number of hydrogen-bond donors (Lipinski definition) is 1. The number of nitrogens with two attached hydrogens (primary N) is 1. The van der Waals surface area contributed by atoms with Crippen LogP contribution in [0.25, 0.3) is 0 Å². The van der Waals surface area contributed by atoms with Crippen molar-refractivity contribution in [3.8, 4) is 0 Å². The average Bonchev–Trinajstić information content (AvgIpc) is 2.36. The number of carbonyl (C=O) groups excluding carboxylic acids is 1. The highest BCUT2D eigenvalue weighted by Crippen LogP contribution is 2.12. The smallest absolute Gasteiger partial charge is 0.322 e. The van der Waals surface area contributed by atoms with Gasteiger partial charge in [-0.1, -0.05) is 0 Å². The molecule has 0 aromatic carbocycles. The fraction of sp³-hybridized carbons (Fsp3) is 0.917. The van der Waals surface area contributed by atoms with E-state index in [1.54, 1.807) is 14.0 Å². The van der Waals surface area contributed by atoms with Crippen LogP contribution in [-0.4, -0.2) is 56.4 Å². The number of methoxy groups -OCH3 is 1. The van der Waals surface area contributed by atoms with Crippen LogP contribution in [0.15, 0.2) is 0 Å². The van der Waals surface area contributed by atoms with E-state index in [4.69, 9.17) is 15.2 Å². The maximum Gasteiger partial charge on any atom is 0.322 e. The van der Waals surface area contributed by atoms with Gasteiger partial charge in [0.2, 0.25) is 0 Å². The number of rotatable bonds is 6. The Morgan fingerprint density at radius 1 is 1.59 bits per heavy atom. The average molecular weight is 244 g/mol. The molecule has 2 N–H and O–H groups in total. The summed E-state index contributed by atoms with van der Waals surface area (Å²) >= 11 is 0.